The van der Waals surface area contributed by atoms with Crippen LogP contribution in [0.1, 0.15) is 5.56 Å². The maximum atomic E-state index is 13.1. The minimum absolute atomic E-state index is 0.0516. The van der Waals surface area contributed by atoms with Crippen molar-refractivity contribution < 1.29 is 9.13 Å². The van der Waals surface area contributed by atoms with Crippen molar-refractivity contribution in [2.45, 2.75) is 12.5 Å². The van der Waals surface area contributed by atoms with E-state index in [1.165, 1.54) is 6.07 Å². The van der Waals surface area contributed by atoms with E-state index in [4.69, 9.17) is 4.74 Å². The molecule has 4 heteroatoms. The third kappa shape index (κ3) is 2.89. The largest absolute Gasteiger partial charge is 0.488 e. The highest BCUT2D eigenvalue weighted by Crippen LogP contribution is 2.29. The lowest BCUT2D eigenvalue weighted by atomic mass is 10.1. The second kappa shape index (κ2) is 5.21. The van der Waals surface area contributed by atoms with Crippen molar-refractivity contribution in [1.82, 2.24) is 0 Å². The molecule has 0 saturated heterocycles. The number of ether oxygens (including phenoxy) is 1. The van der Waals surface area contributed by atoms with Gasteiger partial charge in [0.2, 0.25) is 0 Å². The van der Waals surface area contributed by atoms with Gasteiger partial charge in [0.1, 0.15) is 17.7 Å². The summed E-state index contributed by atoms with van der Waals surface area (Å²) in [5.74, 6) is 0.588. The Morgan fingerprint density at radius 2 is 2.16 bits per heavy atom. The molecule has 0 fully saturated rings. The highest BCUT2D eigenvalue weighted by atomic mass is 79.9. The van der Waals surface area contributed by atoms with Crippen LogP contribution in [0.2, 0.25) is 0 Å². The molecule has 0 radical (unpaired) electrons. The lowest BCUT2D eigenvalue weighted by molar-refractivity contribution is 0.246. The number of hydrogen-bond acceptors (Lipinski definition) is 2. The highest BCUT2D eigenvalue weighted by molar-refractivity contribution is 9.10. The molecule has 19 heavy (non-hydrogen) atoms. The lowest BCUT2D eigenvalue weighted by Gasteiger charge is -2.13. The van der Waals surface area contributed by atoms with E-state index in [1.54, 1.807) is 12.1 Å². The summed E-state index contributed by atoms with van der Waals surface area (Å²) in [5, 5.41) is 3.33. The van der Waals surface area contributed by atoms with E-state index in [1.807, 2.05) is 24.3 Å². The van der Waals surface area contributed by atoms with Crippen LogP contribution in [0.5, 0.6) is 5.75 Å². The van der Waals surface area contributed by atoms with Crippen molar-refractivity contribution in [3.63, 3.8) is 0 Å². The van der Waals surface area contributed by atoms with Crippen molar-refractivity contribution in [1.29, 1.82) is 0 Å². The SMILES string of the molecule is Fc1ccc2c(c1)CC(CNc1cccc(Br)c1)O2. The molecule has 1 N–H and O–H groups in total. The predicted octanol–water partition coefficient (Wildman–Crippen LogP) is 4.00. The first-order chi connectivity index (χ1) is 9.20. The summed E-state index contributed by atoms with van der Waals surface area (Å²) >= 11 is 3.43. The van der Waals surface area contributed by atoms with E-state index in [0.717, 1.165) is 27.9 Å². The quantitative estimate of drug-likeness (QED) is 0.922. The number of benzene rings is 2. The van der Waals surface area contributed by atoms with Gasteiger partial charge in [-0.25, -0.2) is 4.39 Å². The number of halogens is 2. The van der Waals surface area contributed by atoms with E-state index in [9.17, 15) is 4.39 Å². The van der Waals surface area contributed by atoms with E-state index in [2.05, 4.69) is 21.2 Å². The fourth-order valence-electron chi connectivity index (χ4n) is 2.23. The zero-order chi connectivity index (χ0) is 13.2. The molecule has 1 unspecified atom stereocenters. The molecule has 98 valence electrons. The molecule has 0 bridgehead atoms. The number of fused-ring (bicyclic) bond motifs is 1. The molecule has 0 aliphatic carbocycles. The van der Waals surface area contributed by atoms with E-state index in [-0.39, 0.29) is 11.9 Å². The average Bonchev–Trinajstić information content (AvgIpc) is 2.78. The van der Waals surface area contributed by atoms with Crippen molar-refractivity contribution in [2.75, 3.05) is 11.9 Å². The molecule has 1 heterocycles. The van der Waals surface area contributed by atoms with Crippen LogP contribution in [0.25, 0.3) is 0 Å². The van der Waals surface area contributed by atoms with Gasteiger partial charge in [-0.1, -0.05) is 22.0 Å². The highest BCUT2D eigenvalue weighted by Gasteiger charge is 2.22. The molecule has 0 saturated carbocycles. The number of nitrogens with one attached hydrogen (secondary N) is 1. The molecular weight excluding hydrogens is 309 g/mol. The first-order valence-electron chi connectivity index (χ1n) is 6.15. The smallest absolute Gasteiger partial charge is 0.123 e. The topological polar surface area (TPSA) is 21.3 Å². The normalized spacial score (nSPS) is 16.8. The molecule has 0 aromatic heterocycles. The fourth-order valence-corrected chi connectivity index (χ4v) is 2.63. The van der Waals surface area contributed by atoms with Gasteiger partial charge in [0.05, 0.1) is 6.54 Å². The maximum Gasteiger partial charge on any atom is 0.123 e. The van der Waals surface area contributed by atoms with Crippen molar-refractivity contribution in [3.05, 3.63) is 58.3 Å². The standard InChI is InChI=1S/C15H13BrFNO/c16-11-2-1-3-13(8-11)18-9-14-7-10-6-12(17)4-5-15(10)19-14/h1-6,8,14,18H,7,9H2. The van der Waals surface area contributed by atoms with Gasteiger partial charge in [-0.05, 0) is 36.4 Å². The molecular formula is C15H13BrFNO. The van der Waals surface area contributed by atoms with Gasteiger partial charge in [0.15, 0.2) is 0 Å². The summed E-state index contributed by atoms with van der Waals surface area (Å²) in [7, 11) is 0. The third-order valence-corrected chi connectivity index (χ3v) is 3.62. The van der Waals surface area contributed by atoms with Crippen LogP contribution in [-0.4, -0.2) is 12.6 Å². The lowest BCUT2D eigenvalue weighted by Crippen LogP contribution is -2.23. The molecule has 0 spiro atoms. The van der Waals surface area contributed by atoms with Gasteiger partial charge in [-0.2, -0.15) is 0 Å². The van der Waals surface area contributed by atoms with E-state index >= 15 is 0 Å². The van der Waals surface area contributed by atoms with Gasteiger partial charge in [0, 0.05) is 22.1 Å². The van der Waals surface area contributed by atoms with Gasteiger partial charge in [-0.3, -0.25) is 0 Å². The summed E-state index contributed by atoms with van der Waals surface area (Å²) in [6.45, 7) is 0.701. The summed E-state index contributed by atoms with van der Waals surface area (Å²) < 4.78 is 19.9. The summed E-state index contributed by atoms with van der Waals surface area (Å²) in [6, 6.07) is 12.7. The Morgan fingerprint density at radius 1 is 1.26 bits per heavy atom. The monoisotopic (exact) mass is 321 g/mol. The fraction of sp³-hybridized carbons (Fsp3) is 0.200. The molecule has 1 aliphatic heterocycles. The zero-order valence-corrected chi connectivity index (χ0v) is 11.8. The van der Waals surface area contributed by atoms with Crippen LogP contribution in [0.15, 0.2) is 46.9 Å². The maximum absolute atomic E-state index is 13.1. The minimum Gasteiger partial charge on any atom is -0.488 e. The van der Waals surface area contributed by atoms with E-state index < -0.39 is 0 Å². The van der Waals surface area contributed by atoms with Gasteiger partial charge in [0.25, 0.3) is 0 Å². The number of anilines is 1. The molecule has 2 nitrogen and oxygen atoms in total. The second-order valence-electron chi connectivity index (χ2n) is 4.59. The van der Waals surface area contributed by atoms with Crippen molar-refractivity contribution in [3.8, 4) is 5.75 Å². The molecule has 0 amide bonds. The van der Waals surface area contributed by atoms with Gasteiger partial charge >= 0.3 is 0 Å². The Hall–Kier alpha value is -1.55. The number of hydrogen-bond donors (Lipinski definition) is 1. The van der Waals surface area contributed by atoms with Crippen LogP contribution >= 0.6 is 15.9 Å². The van der Waals surface area contributed by atoms with Crippen LogP contribution < -0.4 is 10.1 Å². The predicted molar refractivity (Wildman–Crippen MR) is 77.2 cm³/mol. The van der Waals surface area contributed by atoms with Crippen LogP contribution in [0, 0.1) is 5.82 Å². The Labute approximate surface area is 119 Å². The van der Waals surface area contributed by atoms with Crippen LogP contribution in [-0.2, 0) is 6.42 Å². The summed E-state index contributed by atoms with van der Waals surface area (Å²) in [6.07, 6.45) is 0.796. The number of rotatable bonds is 3. The third-order valence-electron chi connectivity index (χ3n) is 3.12. The Bertz CT molecular complexity index is 602. The minimum atomic E-state index is -0.206. The van der Waals surface area contributed by atoms with Crippen LogP contribution in [0.4, 0.5) is 10.1 Å². The Balaban J connectivity index is 1.62. The molecule has 3 rings (SSSR count). The van der Waals surface area contributed by atoms with Crippen molar-refractivity contribution in [2.24, 2.45) is 0 Å². The molecule has 1 aliphatic rings. The van der Waals surface area contributed by atoms with Gasteiger partial charge in [-0.15, -0.1) is 0 Å². The molecule has 1 atom stereocenters. The molecule has 2 aromatic rings. The summed E-state index contributed by atoms with van der Waals surface area (Å²) in [5.41, 5.74) is 1.99. The van der Waals surface area contributed by atoms with Gasteiger partial charge < -0.3 is 10.1 Å². The summed E-state index contributed by atoms with van der Waals surface area (Å²) in [4.78, 5) is 0. The van der Waals surface area contributed by atoms with E-state index in [0.29, 0.717) is 6.54 Å². The van der Waals surface area contributed by atoms with Crippen molar-refractivity contribution >= 4 is 21.6 Å². The Kier molecular flexibility index (Phi) is 3.42. The molecule has 2 aromatic carbocycles. The zero-order valence-electron chi connectivity index (χ0n) is 10.2. The second-order valence-corrected chi connectivity index (χ2v) is 5.50. The first-order valence-corrected chi connectivity index (χ1v) is 6.94. The Morgan fingerprint density at radius 3 is 3.00 bits per heavy atom. The average molecular weight is 322 g/mol. The van der Waals surface area contributed by atoms with Crippen LogP contribution in [0.3, 0.4) is 0 Å². The first kappa shape index (κ1) is 12.5.